The fourth-order valence-electron chi connectivity index (χ4n) is 3.79. The molecule has 2 saturated heterocycles. The van der Waals surface area contributed by atoms with Crippen LogP contribution in [-0.2, 0) is 14.3 Å². The van der Waals surface area contributed by atoms with Crippen LogP contribution in [0.25, 0.3) is 0 Å². The number of carbonyl (C=O) groups excluding carboxylic acids is 3. The monoisotopic (exact) mass is 402 g/mol. The number of piperazine rings is 1. The summed E-state index contributed by atoms with van der Waals surface area (Å²) in [7, 11) is 1.39. The maximum Gasteiger partial charge on any atom is 0.409 e. The Morgan fingerprint density at radius 2 is 1.86 bits per heavy atom. The maximum absolute atomic E-state index is 12.5. The second-order valence-corrected chi connectivity index (χ2v) is 7.76. The number of aryl methyl sites for hydroxylation is 2. The zero-order valence-electron chi connectivity index (χ0n) is 17.4. The number of rotatable bonds is 5. The largest absolute Gasteiger partial charge is 0.453 e. The van der Waals surface area contributed by atoms with E-state index >= 15 is 0 Å². The van der Waals surface area contributed by atoms with E-state index in [1.807, 2.05) is 32.0 Å². The first-order chi connectivity index (χ1) is 13.9. The molecule has 2 aliphatic rings. The van der Waals surface area contributed by atoms with Gasteiger partial charge in [0, 0.05) is 57.9 Å². The SMILES string of the molecule is COC(=O)N1CCN(CCNC(=O)C2CC(=O)N(c3ccc(C)c(C)c3)C2)CC1. The molecule has 0 radical (unpaired) electrons. The van der Waals surface area contributed by atoms with Gasteiger partial charge in [0.1, 0.15) is 0 Å². The number of hydrogen-bond donors (Lipinski definition) is 1. The van der Waals surface area contributed by atoms with Crippen LogP contribution >= 0.6 is 0 Å². The van der Waals surface area contributed by atoms with E-state index in [1.54, 1.807) is 9.80 Å². The van der Waals surface area contributed by atoms with Gasteiger partial charge >= 0.3 is 6.09 Å². The van der Waals surface area contributed by atoms with Crippen LogP contribution in [-0.4, -0.2) is 80.6 Å². The van der Waals surface area contributed by atoms with E-state index in [0.717, 1.165) is 30.9 Å². The van der Waals surface area contributed by atoms with Gasteiger partial charge in [-0.15, -0.1) is 0 Å². The van der Waals surface area contributed by atoms with Gasteiger partial charge in [-0.05, 0) is 37.1 Å². The number of nitrogens with zero attached hydrogens (tertiary/aromatic N) is 3. The molecule has 1 atom stereocenters. The summed E-state index contributed by atoms with van der Waals surface area (Å²) in [4.78, 5) is 42.1. The van der Waals surface area contributed by atoms with Crippen LogP contribution in [0.15, 0.2) is 18.2 Å². The van der Waals surface area contributed by atoms with Gasteiger partial charge in [0.15, 0.2) is 0 Å². The van der Waals surface area contributed by atoms with Crippen molar-refractivity contribution in [2.45, 2.75) is 20.3 Å². The van der Waals surface area contributed by atoms with Crippen LogP contribution in [0.2, 0.25) is 0 Å². The van der Waals surface area contributed by atoms with Crippen molar-refractivity contribution in [2.24, 2.45) is 5.92 Å². The highest BCUT2D eigenvalue weighted by Crippen LogP contribution is 2.26. The van der Waals surface area contributed by atoms with E-state index in [9.17, 15) is 14.4 Å². The molecule has 2 fully saturated rings. The van der Waals surface area contributed by atoms with Crippen molar-refractivity contribution in [2.75, 3.05) is 57.8 Å². The number of methoxy groups -OCH3 is 1. The summed E-state index contributed by atoms with van der Waals surface area (Å²) in [6, 6.07) is 5.95. The first kappa shape index (κ1) is 21.1. The molecule has 8 heteroatoms. The lowest BCUT2D eigenvalue weighted by atomic mass is 10.1. The summed E-state index contributed by atoms with van der Waals surface area (Å²) in [6.45, 7) is 8.51. The van der Waals surface area contributed by atoms with Gasteiger partial charge in [-0.2, -0.15) is 0 Å². The van der Waals surface area contributed by atoms with E-state index in [-0.39, 0.29) is 30.2 Å². The van der Waals surface area contributed by atoms with Crippen molar-refractivity contribution in [3.63, 3.8) is 0 Å². The van der Waals surface area contributed by atoms with Crippen molar-refractivity contribution in [3.05, 3.63) is 29.3 Å². The average Bonchev–Trinajstić information content (AvgIpc) is 3.11. The molecule has 1 aromatic rings. The highest BCUT2D eigenvalue weighted by atomic mass is 16.5. The van der Waals surface area contributed by atoms with Crippen LogP contribution in [0.4, 0.5) is 10.5 Å². The van der Waals surface area contributed by atoms with Crippen molar-refractivity contribution >= 4 is 23.6 Å². The molecule has 2 heterocycles. The number of carbonyl (C=O) groups is 3. The molecule has 1 aromatic carbocycles. The fraction of sp³-hybridized carbons (Fsp3) is 0.571. The normalized spacial score (nSPS) is 20.1. The van der Waals surface area contributed by atoms with E-state index in [0.29, 0.717) is 26.2 Å². The lowest BCUT2D eigenvalue weighted by Crippen LogP contribution is -2.50. The van der Waals surface area contributed by atoms with Gasteiger partial charge in [-0.25, -0.2) is 4.79 Å². The summed E-state index contributed by atoms with van der Waals surface area (Å²) in [5.41, 5.74) is 3.18. The second-order valence-electron chi connectivity index (χ2n) is 7.76. The Hall–Kier alpha value is -2.61. The number of ether oxygens (including phenoxy) is 1. The molecule has 0 aromatic heterocycles. The second kappa shape index (κ2) is 9.26. The van der Waals surface area contributed by atoms with E-state index < -0.39 is 0 Å². The Labute approximate surface area is 171 Å². The van der Waals surface area contributed by atoms with Gasteiger partial charge in [-0.1, -0.05) is 6.07 Å². The predicted molar refractivity (Wildman–Crippen MR) is 110 cm³/mol. The number of nitrogens with one attached hydrogen (secondary N) is 1. The lowest BCUT2D eigenvalue weighted by Gasteiger charge is -2.33. The average molecular weight is 402 g/mol. The molecule has 3 amide bonds. The van der Waals surface area contributed by atoms with Crippen LogP contribution in [0, 0.1) is 19.8 Å². The van der Waals surface area contributed by atoms with E-state index in [4.69, 9.17) is 4.74 Å². The minimum atomic E-state index is -0.319. The maximum atomic E-state index is 12.5. The molecule has 0 spiro atoms. The molecule has 29 heavy (non-hydrogen) atoms. The first-order valence-electron chi connectivity index (χ1n) is 10.1. The third kappa shape index (κ3) is 5.06. The van der Waals surface area contributed by atoms with Gasteiger partial charge < -0.3 is 19.9 Å². The third-order valence-corrected chi connectivity index (χ3v) is 5.83. The minimum Gasteiger partial charge on any atom is -0.453 e. The Balaban J connectivity index is 1.43. The highest BCUT2D eigenvalue weighted by Gasteiger charge is 2.35. The Morgan fingerprint density at radius 1 is 1.14 bits per heavy atom. The van der Waals surface area contributed by atoms with E-state index in [2.05, 4.69) is 10.2 Å². The zero-order valence-corrected chi connectivity index (χ0v) is 17.4. The van der Waals surface area contributed by atoms with Crippen LogP contribution in [0.3, 0.4) is 0 Å². The molecule has 0 aliphatic carbocycles. The number of amides is 3. The zero-order chi connectivity index (χ0) is 21.0. The van der Waals surface area contributed by atoms with Gasteiger partial charge in [0.25, 0.3) is 0 Å². The van der Waals surface area contributed by atoms with Crippen molar-refractivity contribution < 1.29 is 19.1 Å². The van der Waals surface area contributed by atoms with Crippen molar-refractivity contribution in [1.82, 2.24) is 15.1 Å². The summed E-state index contributed by atoms with van der Waals surface area (Å²) in [6.07, 6.45) is -0.0477. The summed E-state index contributed by atoms with van der Waals surface area (Å²) < 4.78 is 4.74. The molecule has 8 nitrogen and oxygen atoms in total. The van der Waals surface area contributed by atoms with Crippen LogP contribution in [0.5, 0.6) is 0 Å². The smallest absolute Gasteiger partial charge is 0.409 e. The number of benzene rings is 1. The first-order valence-corrected chi connectivity index (χ1v) is 10.1. The number of hydrogen-bond acceptors (Lipinski definition) is 5. The fourth-order valence-corrected chi connectivity index (χ4v) is 3.79. The summed E-state index contributed by atoms with van der Waals surface area (Å²) >= 11 is 0. The quantitative estimate of drug-likeness (QED) is 0.799. The minimum absolute atomic E-state index is 0.00710. The van der Waals surface area contributed by atoms with Gasteiger partial charge in [0.2, 0.25) is 11.8 Å². The summed E-state index contributed by atoms with van der Waals surface area (Å²) in [5.74, 6) is -0.398. The highest BCUT2D eigenvalue weighted by molar-refractivity contribution is 6.00. The molecule has 0 saturated carbocycles. The molecule has 0 bridgehead atoms. The molecule has 3 rings (SSSR count). The topological polar surface area (TPSA) is 82.2 Å². The third-order valence-electron chi connectivity index (χ3n) is 5.83. The van der Waals surface area contributed by atoms with Crippen molar-refractivity contribution in [3.8, 4) is 0 Å². The molecule has 2 aliphatic heterocycles. The summed E-state index contributed by atoms with van der Waals surface area (Å²) in [5, 5.41) is 2.97. The predicted octanol–water partition coefficient (Wildman–Crippen LogP) is 1.16. The molecule has 1 N–H and O–H groups in total. The van der Waals surface area contributed by atoms with E-state index in [1.165, 1.54) is 12.7 Å². The molecule has 1 unspecified atom stereocenters. The lowest BCUT2D eigenvalue weighted by molar-refractivity contribution is -0.126. The molecular weight excluding hydrogens is 372 g/mol. The van der Waals surface area contributed by atoms with Crippen LogP contribution in [0.1, 0.15) is 17.5 Å². The molecule has 158 valence electrons. The van der Waals surface area contributed by atoms with Crippen LogP contribution < -0.4 is 10.2 Å². The van der Waals surface area contributed by atoms with Gasteiger partial charge in [-0.3, -0.25) is 14.5 Å². The Kier molecular flexibility index (Phi) is 6.74. The van der Waals surface area contributed by atoms with Crippen molar-refractivity contribution in [1.29, 1.82) is 0 Å². The number of anilines is 1. The van der Waals surface area contributed by atoms with Gasteiger partial charge in [0.05, 0.1) is 13.0 Å². The molecular formula is C21H30N4O4. The standard InChI is InChI=1S/C21H30N4O4/c1-15-4-5-18(12-16(15)2)25-14-17(13-19(25)26)20(27)22-6-7-23-8-10-24(11-9-23)21(28)29-3/h4-5,12,17H,6-11,13-14H2,1-3H3,(H,22,27). The Bertz CT molecular complexity index is 774. The Morgan fingerprint density at radius 3 is 2.52 bits per heavy atom.